The van der Waals surface area contributed by atoms with Gasteiger partial charge in [0, 0.05) is 49.9 Å². The van der Waals surface area contributed by atoms with Crippen molar-refractivity contribution < 1.29 is 14.2 Å². The largest absolute Gasteiger partial charge is 0.496 e. The molecule has 42 heavy (non-hydrogen) atoms. The molecule has 1 N–H and O–H groups in total. The number of hydrogen-bond donors (Lipinski definition) is 1. The number of pyridine rings is 1. The maximum Gasteiger partial charge on any atom is 0.229 e. The minimum atomic E-state index is 0.118. The number of nitrogens with one attached hydrogen (secondary N) is 1. The molecule has 4 heterocycles. The molecule has 2 saturated heterocycles. The third kappa shape index (κ3) is 6.79. The molecule has 0 amide bonds. The lowest BCUT2D eigenvalue weighted by atomic mass is 9.96. The average Bonchev–Trinajstić information content (AvgIpc) is 2.99. The lowest BCUT2D eigenvalue weighted by molar-refractivity contribution is -0.00570. The van der Waals surface area contributed by atoms with Gasteiger partial charge in [-0.2, -0.15) is 9.97 Å². The average molecular weight is 575 g/mol. The topological polar surface area (TPSA) is 84.9 Å². The summed E-state index contributed by atoms with van der Waals surface area (Å²) in [5, 5.41) is 4.80. The standard InChI is InChI=1S/C33H46N6O3/c1-23-21-39(22-24(2)42-23)33-36-31-28(32(37-33)38-15-17-41-18-16-38)12-13-29(35-31)25-11-14-30(40-3)26(19-25)20-34-27-9-7-5-4-6-8-10-27/h11-14,19,23-24,27,34H,4-10,15-18,20-22H2,1-3H3. The quantitative estimate of drug-likeness (QED) is 0.401. The number of methoxy groups -OCH3 is 1. The number of fused-ring (bicyclic) bond motifs is 1. The fourth-order valence-corrected chi connectivity index (χ4v) is 6.63. The van der Waals surface area contributed by atoms with E-state index in [1.165, 1.54) is 44.9 Å². The van der Waals surface area contributed by atoms with Gasteiger partial charge in [0.15, 0.2) is 5.65 Å². The van der Waals surface area contributed by atoms with E-state index < -0.39 is 0 Å². The van der Waals surface area contributed by atoms with E-state index in [1.54, 1.807) is 7.11 Å². The first-order valence-electron chi connectivity index (χ1n) is 15.9. The molecule has 9 nitrogen and oxygen atoms in total. The number of nitrogens with zero attached hydrogens (tertiary/aromatic N) is 5. The van der Waals surface area contributed by atoms with Gasteiger partial charge in [-0.15, -0.1) is 0 Å². The van der Waals surface area contributed by atoms with Crippen LogP contribution >= 0.6 is 0 Å². The van der Waals surface area contributed by atoms with Crippen molar-refractivity contribution in [3.05, 3.63) is 35.9 Å². The van der Waals surface area contributed by atoms with Crippen LogP contribution in [-0.2, 0) is 16.0 Å². The van der Waals surface area contributed by atoms with Crippen LogP contribution in [0.2, 0.25) is 0 Å². The van der Waals surface area contributed by atoms with Crippen LogP contribution in [0, 0.1) is 0 Å². The molecule has 2 aromatic heterocycles. The lowest BCUT2D eigenvalue weighted by Gasteiger charge is -2.36. The maximum atomic E-state index is 5.99. The first-order chi connectivity index (χ1) is 20.6. The predicted molar refractivity (Wildman–Crippen MR) is 168 cm³/mol. The SMILES string of the molecule is COc1ccc(-c2ccc3c(N4CCOCC4)nc(N4CC(C)OC(C)C4)nc3n2)cc1CNC1CCCCCCC1. The summed E-state index contributed by atoms with van der Waals surface area (Å²) in [4.78, 5) is 19.8. The van der Waals surface area contributed by atoms with Crippen molar-refractivity contribution in [2.75, 3.05) is 56.3 Å². The van der Waals surface area contributed by atoms with Crippen molar-refractivity contribution in [2.45, 2.75) is 83.6 Å². The second kappa shape index (κ2) is 13.5. The highest BCUT2D eigenvalue weighted by atomic mass is 16.5. The molecular formula is C33H46N6O3. The Hall–Kier alpha value is -3.01. The van der Waals surface area contributed by atoms with E-state index in [4.69, 9.17) is 29.2 Å². The molecule has 0 bridgehead atoms. The Bertz CT molecular complexity index is 1330. The van der Waals surface area contributed by atoms with Gasteiger partial charge in [0.1, 0.15) is 11.6 Å². The Labute approximate surface area is 250 Å². The second-order valence-electron chi connectivity index (χ2n) is 12.1. The van der Waals surface area contributed by atoms with Crippen molar-refractivity contribution >= 4 is 22.8 Å². The van der Waals surface area contributed by atoms with E-state index in [0.717, 1.165) is 78.1 Å². The van der Waals surface area contributed by atoms with Crippen LogP contribution in [0.3, 0.4) is 0 Å². The summed E-state index contributed by atoms with van der Waals surface area (Å²) in [5.41, 5.74) is 3.84. The second-order valence-corrected chi connectivity index (χ2v) is 12.1. The van der Waals surface area contributed by atoms with E-state index in [1.807, 2.05) is 0 Å². The van der Waals surface area contributed by atoms with Crippen molar-refractivity contribution in [1.29, 1.82) is 0 Å². The van der Waals surface area contributed by atoms with Gasteiger partial charge in [-0.1, -0.05) is 32.1 Å². The van der Waals surface area contributed by atoms with Gasteiger partial charge >= 0.3 is 0 Å². The van der Waals surface area contributed by atoms with Crippen LogP contribution in [0.5, 0.6) is 5.75 Å². The molecule has 1 aliphatic carbocycles. The van der Waals surface area contributed by atoms with Gasteiger partial charge in [-0.3, -0.25) is 0 Å². The number of rotatable bonds is 7. The summed E-state index contributed by atoms with van der Waals surface area (Å²) in [5.74, 6) is 2.56. The fraction of sp³-hybridized carbons (Fsp3) is 0.606. The number of morpholine rings is 2. The minimum Gasteiger partial charge on any atom is -0.496 e. The van der Waals surface area contributed by atoms with Crippen LogP contribution in [0.15, 0.2) is 30.3 Å². The van der Waals surface area contributed by atoms with Crippen LogP contribution < -0.4 is 19.9 Å². The highest BCUT2D eigenvalue weighted by molar-refractivity contribution is 5.90. The zero-order valence-corrected chi connectivity index (χ0v) is 25.5. The van der Waals surface area contributed by atoms with E-state index >= 15 is 0 Å². The van der Waals surface area contributed by atoms with Gasteiger partial charge in [0.05, 0.1) is 43.6 Å². The zero-order chi connectivity index (χ0) is 28.9. The van der Waals surface area contributed by atoms with Crippen LogP contribution in [0.1, 0.15) is 64.4 Å². The summed E-state index contributed by atoms with van der Waals surface area (Å²) >= 11 is 0. The highest BCUT2D eigenvalue weighted by Gasteiger charge is 2.27. The van der Waals surface area contributed by atoms with Crippen molar-refractivity contribution in [1.82, 2.24) is 20.3 Å². The first-order valence-corrected chi connectivity index (χ1v) is 15.9. The summed E-state index contributed by atoms with van der Waals surface area (Å²) in [6.45, 7) is 9.52. The molecule has 0 spiro atoms. The Morgan fingerprint density at radius 1 is 0.881 bits per heavy atom. The van der Waals surface area contributed by atoms with E-state index in [-0.39, 0.29) is 12.2 Å². The maximum absolute atomic E-state index is 5.99. The van der Waals surface area contributed by atoms with Crippen LogP contribution in [0.25, 0.3) is 22.3 Å². The van der Waals surface area contributed by atoms with E-state index in [9.17, 15) is 0 Å². The Morgan fingerprint density at radius 3 is 2.36 bits per heavy atom. The summed E-state index contributed by atoms with van der Waals surface area (Å²) in [6, 6.07) is 11.2. The summed E-state index contributed by atoms with van der Waals surface area (Å²) in [6.07, 6.45) is 9.46. The van der Waals surface area contributed by atoms with Gasteiger partial charge in [-0.05, 0) is 57.0 Å². The molecule has 6 rings (SSSR count). The number of anilines is 2. The molecule has 2 aliphatic heterocycles. The fourth-order valence-electron chi connectivity index (χ4n) is 6.63. The summed E-state index contributed by atoms with van der Waals surface area (Å²) < 4.78 is 17.4. The molecule has 226 valence electrons. The Kier molecular flexibility index (Phi) is 9.37. The predicted octanol–water partition coefficient (Wildman–Crippen LogP) is 5.35. The van der Waals surface area contributed by atoms with Crippen LogP contribution in [0.4, 0.5) is 11.8 Å². The molecule has 3 fully saturated rings. The number of hydrogen-bond acceptors (Lipinski definition) is 9. The van der Waals surface area contributed by atoms with Gasteiger partial charge in [0.2, 0.25) is 5.95 Å². The number of benzene rings is 1. The number of aromatic nitrogens is 3. The molecule has 2 unspecified atom stereocenters. The van der Waals surface area contributed by atoms with E-state index in [2.05, 4.69) is 59.3 Å². The zero-order valence-electron chi connectivity index (χ0n) is 25.5. The molecule has 1 aromatic carbocycles. The molecule has 0 radical (unpaired) electrons. The molecule has 3 aliphatic rings. The van der Waals surface area contributed by atoms with Crippen molar-refractivity contribution in [3.63, 3.8) is 0 Å². The normalized spacial score (nSPS) is 22.6. The van der Waals surface area contributed by atoms with Gasteiger partial charge in [0.25, 0.3) is 0 Å². The minimum absolute atomic E-state index is 0.118. The molecule has 1 saturated carbocycles. The smallest absolute Gasteiger partial charge is 0.229 e. The van der Waals surface area contributed by atoms with Gasteiger partial charge in [-0.25, -0.2) is 4.98 Å². The first kappa shape index (κ1) is 29.1. The Morgan fingerprint density at radius 2 is 1.62 bits per heavy atom. The highest BCUT2D eigenvalue weighted by Crippen LogP contribution is 2.32. The number of ether oxygens (including phenoxy) is 3. The van der Waals surface area contributed by atoms with Crippen LogP contribution in [-0.4, -0.2) is 79.7 Å². The van der Waals surface area contributed by atoms with Crippen molar-refractivity contribution in [2.24, 2.45) is 0 Å². The Balaban J connectivity index is 1.32. The monoisotopic (exact) mass is 574 g/mol. The third-order valence-corrected chi connectivity index (χ3v) is 8.80. The lowest BCUT2D eigenvalue weighted by Crippen LogP contribution is -2.46. The molecule has 9 heteroatoms. The molecule has 3 aromatic rings. The summed E-state index contributed by atoms with van der Waals surface area (Å²) in [7, 11) is 1.75. The molecular weight excluding hydrogens is 528 g/mol. The third-order valence-electron chi connectivity index (χ3n) is 8.80. The molecule has 2 atom stereocenters. The van der Waals surface area contributed by atoms with Gasteiger partial charge < -0.3 is 29.3 Å². The van der Waals surface area contributed by atoms with Crippen molar-refractivity contribution in [3.8, 4) is 17.0 Å². The van der Waals surface area contributed by atoms with E-state index in [0.29, 0.717) is 19.3 Å².